The van der Waals surface area contributed by atoms with Crippen LogP contribution in [0.25, 0.3) is 22.3 Å². The van der Waals surface area contributed by atoms with Crippen LogP contribution in [-0.4, -0.2) is 303 Å². The third-order valence-corrected chi connectivity index (χ3v) is 29.7. The monoisotopic (exact) mass is 2000 g/mol. The Morgan fingerprint density at radius 3 is 0.921 bits per heavy atom. The number of aliphatic hydroxyl groups excluding tert-OH is 10. The molecule has 23 N–H and O–H groups in total. The lowest BCUT2D eigenvalue weighted by Crippen LogP contribution is -2.35. The molecule has 5 fully saturated rings. The van der Waals surface area contributed by atoms with E-state index in [0.717, 1.165) is 28.1 Å². The Kier molecular flexibility index (Phi) is 34.0. The van der Waals surface area contributed by atoms with E-state index < -0.39 is 226 Å². The van der Waals surface area contributed by atoms with Crippen molar-refractivity contribution in [1.82, 2.24) is 38.6 Å². The molecule has 61 nitrogen and oxygen atoms in total. The number of ether oxygens (including phenoxy) is 11. The van der Waals surface area contributed by atoms with Crippen LogP contribution in [0, 0.1) is 5.41 Å². The third kappa shape index (κ3) is 27.7. The molecule has 5 aliphatic heterocycles. The van der Waals surface area contributed by atoms with Gasteiger partial charge in [-0.25, -0.2) is 66.0 Å². The maximum atomic E-state index is 12.4. The Morgan fingerprint density at radius 1 is 0.346 bits per heavy atom. The summed E-state index contributed by atoms with van der Waals surface area (Å²) >= 11 is 0. The predicted molar refractivity (Wildman–Crippen MR) is 404 cm³/mol. The largest absolute Gasteiger partial charge is 0.497 e. The molecule has 12 rings (SSSR count). The Morgan fingerprint density at radius 2 is 0.614 bits per heavy atom. The molecule has 0 spiro atoms. The standard InChI is InChI=1S/C23H33N5O21P4.C22H31N5O21P4.C12H17O9P/c1-27-9-26-21-15(20(27)24)25-10-28(21)22-18(31)16(29)13(45-22)7-42-50(33,34)47-52(37,38)49-53(39,40)48-51(35,36)43-8-14-17(30)19(32)23(46-14)44-12-5-3-11(41-2)4-6-12;1-40-10-2-4-11(5-3-10)43-22-18(31)16(29)13(45-22)7-42-50(34,35)47-52(38,39)48-51(36,37)46-49(32,33)41-6-12-15(28)17(30)21(44-12)27-9-26-14-19(23)24-8-25-20(14)27;1-18-7-2-4-8(5-3-7)20-12-11(14)10(13)9(21-12)6-19-22(15,16)17/h3-6,9-10,13-14,16-19,22-24,29-32H,7-8H2,1-2H3,(H,33,34)(H,35,36)(H,37,38)(H,39,40);2-5,8-9,12-13,15-18,21-22,28-31H,6-7H2,1H3,(H,32,33)(H,34,35)(H,36,37)(H,38,39)(H2,23,24,25);2-5,9-14H,6H2,1H3,(H2,15,16,17)/t13-,14-,16-,17-,18-,19-,22-,23-;12-,13-,15-,16-,17-,18-,21-,22-;9-,10-,11-,12-/m111/s1. The number of phosphoric ester groups is 5. The molecule has 4 aromatic heterocycles. The Bertz CT molecular complexity index is 5440. The van der Waals surface area contributed by atoms with E-state index in [1.807, 2.05) is 0 Å². The van der Waals surface area contributed by atoms with Gasteiger partial charge in [0.1, 0.15) is 143 Å². The number of benzene rings is 3. The van der Waals surface area contributed by atoms with E-state index in [-0.39, 0.29) is 45.1 Å². The van der Waals surface area contributed by atoms with E-state index in [1.165, 1.54) is 87.8 Å². The van der Waals surface area contributed by atoms with Gasteiger partial charge in [-0.05, 0) is 72.8 Å². The lowest BCUT2D eigenvalue weighted by atomic mass is 10.1. The van der Waals surface area contributed by atoms with Crippen molar-refractivity contribution in [2.75, 3.05) is 60.1 Å². The number of aryl methyl sites for hydroxylation is 1. The van der Waals surface area contributed by atoms with Crippen molar-refractivity contribution >= 4 is 98.5 Å². The summed E-state index contributed by atoms with van der Waals surface area (Å²) in [7, 11) is -46.5. The zero-order valence-electron chi connectivity index (χ0n) is 64.6. The fourth-order valence-corrected chi connectivity index (χ4v) is 21.7. The average molecular weight is 2000 g/mol. The molecular weight excluding hydrogens is 1920 g/mol. The molecule has 3 aromatic carbocycles. The van der Waals surface area contributed by atoms with Gasteiger partial charge in [0.2, 0.25) is 18.9 Å². The van der Waals surface area contributed by atoms with Gasteiger partial charge in [-0.2, -0.15) is 25.9 Å². The number of nitrogens with two attached hydrogens (primary N) is 1. The molecule has 70 heteroatoms. The molecule has 0 saturated carbocycles. The van der Waals surface area contributed by atoms with Crippen LogP contribution in [0.5, 0.6) is 34.5 Å². The highest BCUT2D eigenvalue weighted by atomic mass is 31.3. The van der Waals surface area contributed by atoms with E-state index in [1.54, 1.807) is 24.3 Å². The van der Waals surface area contributed by atoms with Crippen molar-refractivity contribution in [3.05, 3.63) is 104 Å². The van der Waals surface area contributed by atoms with Crippen molar-refractivity contribution in [2.45, 2.75) is 123 Å². The fourth-order valence-electron chi connectivity index (χ4n) is 11.4. The molecule has 28 atom stereocenters. The van der Waals surface area contributed by atoms with Gasteiger partial charge >= 0.3 is 70.4 Å². The van der Waals surface area contributed by atoms with Gasteiger partial charge in [-0.15, -0.1) is 0 Å². The van der Waals surface area contributed by atoms with E-state index in [9.17, 15) is 131 Å². The zero-order chi connectivity index (χ0) is 93.6. The first-order chi connectivity index (χ1) is 59.1. The van der Waals surface area contributed by atoms with Gasteiger partial charge in [-0.1, -0.05) is 0 Å². The summed E-state index contributed by atoms with van der Waals surface area (Å²) in [5.41, 5.74) is 6.06. The van der Waals surface area contributed by atoms with Crippen LogP contribution >= 0.6 is 70.4 Å². The molecule has 0 amide bonds. The highest BCUT2D eigenvalue weighted by Crippen LogP contribution is 2.73. The number of nitrogens with one attached hydrogen (secondary N) is 1. The minimum absolute atomic E-state index is 0.0113. The van der Waals surface area contributed by atoms with Gasteiger partial charge in [0.25, 0.3) is 0 Å². The molecule has 710 valence electrons. The van der Waals surface area contributed by atoms with E-state index in [2.05, 4.69) is 73.4 Å². The van der Waals surface area contributed by atoms with Crippen molar-refractivity contribution in [2.24, 2.45) is 7.05 Å². The summed E-state index contributed by atoms with van der Waals surface area (Å²) < 4.78 is 216. The van der Waals surface area contributed by atoms with Crippen LogP contribution in [0.4, 0.5) is 5.82 Å². The molecule has 5 aliphatic rings. The predicted octanol–water partition coefficient (Wildman–Crippen LogP) is -2.44. The van der Waals surface area contributed by atoms with E-state index in [0.29, 0.717) is 23.0 Å². The number of phosphoric acid groups is 9. The maximum Gasteiger partial charge on any atom is 0.490 e. The van der Waals surface area contributed by atoms with Crippen molar-refractivity contribution in [3.63, 3.8) is 0 Å². The summed E-state index contributed by atoms with van der Waals surface area (Å²) in [5.74, 6) is 2.27. The second kappa shape index (κ2) is 41.9. The third-order valence-electron chi connectivity index (χ3n) is 17.5. The number of nitrogen functional groups attached to an aromatic ring is 1. The average Bonchev–Trinajstić information content (AvgIpc) is 1.62. The number of nitrogens with zero attached hydrogens (tertiary/aromatic N) is 8. The molecule has 8 unspecified atom stereocenters. The first-order valence-corrected chi connectivity index (χ1v) is 48.6. The van der Waals surface area contributed by atoms with Gasteiger partial charge in [-0.3, -0.25) is 37.2 Å². The van der Waals surface area contributed by atoms with Crippen LogP contribution in [0.3, 0.4) is 0 Å². The molecule has 9 heterocycles. The first kappa shape index (κ1) is 103. The van der Waals surface area contributed by atoms with Crippen molar-refractivity contribution in [3.8, 4) is 34.5 Å². The van der Waals surface area contributed by atoms with Crippen LogP contribution in [0.1, 0.15) is 12.5 Å². The number of rotatable bonds is 38. The van der Waals surface area contributed by atoms with Crippen molar-refractivity contribution in [1.29, 1.82) is 5.41 Å². The summed E-state index contributed by atoms with van der Waals surface area (Å²) in [6, 6.07) is 18.3. The van der Waals surface area contributed by atoms with Crippen LogP contribution in [0.2, 0.25) is 0 Å². The van der Waals surface area contributed by atoms with Crippen LogP contribution in [-0.2, 0) is 120 Å². The van der Waals surface area contributed by atoms with Crippen LogP contribution < -0.4 is 39.6 Å². The quantitative estimate of drug-likeness (QED) is 0.0179. The number of imidazole rings is 2. The molecule has 0 bridgehead atoms. The molecular formula is C57H81N10O51P9. The zero-order valence-corrected chi connectivity index (χ0v) is 72.6. The molecule has 0 aliphatic carbocycles. The Hall–Kier alpha value is -6.21. The van der Waals surface area contributed by atoms with Crippen molar-refractivity contribution < 1.29 is 242 Å². The highest BCUT2D eigenvalue weighted by molar-refractivity contribution is 7.70. The summed E-state index contributed by atoms with van der Waals surface area (Å²) in [6.07, 6.45) is -26.6. The van der Waals surface area contributed by atoms with Gasteiger partial charge in [0.15, 0.2) is 35.1 Å². The van der Waals surface area contributed by atoms with Gasteiger partial charge in [0.05, 0.1) is 73.3 Å². The number of hydrogen-bond acceptors (Lipinski definition) is 48. The van der Waals surface area contributed by atoms with Gasteiger partial charge in [0, 0.05) is 7.05 Å². The lowest BCUT2D eigenvalue weighted by molar-refractivity contribution is -0.115. The van der Waals surface area contributed by atoms with E-state index >= 15 is 0 Å². The lowest BCUT2D eigenvalue weighted by Gasteiger charge is -2.21. The number of fused-ring (bicyclic) bond motifs is 2. The molecule has 0 radical (unpaired) electrons. The SMILES string of the molecule is COc1ccc(O[C@@H]2O[C@H](COP(=O)(O)O)[C@@H](O)[C@H]2O)cc1.COc1ccc(O[C@@H]2O[C@H](COP(=O)(O)OP(=O)(O)OP(=O)(O)OP(=O)(O)OC[C@H]3O[C@@H](n4cnc5c(=N)n(C)cnc54)[C@H](O)[C@@H]3O)[C@@H](O)[C@H]2O)cc1.COc1ccc(O[C@@H]2O[C@H](COP(=O)(O)OP(=O)(O)OP(=O)(O)OP(=O)(O)OC[C@H]3O[C@@H](n4cnc5c(N)ncnc54)[C@H](O)[C@@H]3O)[C@@H](O)[C@H]2O)cc1. The minimum atomic E-state index is -6.18. The Labute approximate surface area is 709 Å². The smallest absolute Gasteiger partial charge is 0.490 e. The summed E-state index contributed by atoms with van der Waals surface area (Å²) in [5, 5.41) is 110. The number of hydrogen-bond donors (Lipinski definition) is 22. The Balaban J connectivity index is 0.000000215. The van der Waals surface area contributed by atoms with Gasteiger partial charge < -0.3 is 162 Å². The van der Waals surface area contributed by atoms with E-state index in [4.69, 9.17) is 73.0 Å². The second-order valence-corrected chi connectivity index (χ2v) is 40.1. The number of aliphatic hydroxyl groups is 10. The number of methoxy groups -OCH3 is 3. The van der Waals surface area contributed by atoms with Crippen LogP contribution in [0.15, 0.2) is 98.1 Å². The first-order valence-electron chi connectivity index (χ1n) is 35.1. The summed E-state index contributed by atoms with van der Waals surface area (Å²) in [4.78, 5) is 116. The minimum Gasteiger partial charge on any atom is -0.497 e. The molecule has 5 saturated heterocycles. The maximum absolute atomic E-state index is 12.4. The molecule has 7 aromatic rings. The topological polar surface area (TPSA) is 890 Å². The number of anilines is 1. The molecule has 127 heavy (non-hydrogen) atoms. The second-order valence-electron chi connectivity index (χ2n) is 26.4. The normalized spacial score (nSPS) is 30.5. The fraction of sp³-hybridized carbons (Fsp3) is 0.509. The summed E-state index contributed by atoms with van der Waals surface area (Å²) in [6.45, 7) is -4.97. The highest BCUT2D eigenvalue weighted by Gasteiger charge is 2.54. The number of aromatic nitrogens is 8.